The Morgan fingerprint density at radius 3 is 2.41 bits per heavy atom. The zero-order chi connectivity index (χ0) is 21.1. The molecule has 0 saturated heterocycles. The quantitative estimate of drug-likeness (QED) is 0.554. The first kappa shape index (κ1) is 23.0. The molecule has 2 aromatic carbocycles. The number of aryl methyl sites for hydroxylation is 1. The Kier molecular flexibility index (Phi) is 9.78. The molecule has 0 radical (unpaired) electrons. The molecule has 0 unspecified atom stereocenters. The van der Waals surface area contributed by atoms with Crippen LogP contribution in [0.1, 0.15) is 37.8 Å². The van der Waals surface area contributed by atoms with E-state index in [2.05, 4.69) is 48.6 Å². The van der Waals surface area contributed by atoms with Gasteiger partial charge in [0.05, 0.1) is 0 Å². The average Bonchev–Trinajstić information content (AvgIpc) is 2.74. The minimum atomic E-state index is -0.470. The smallest absolute Gasteiger partial charge is 0.242 e. The molecule has 0 aliphatic rings. The molecule has 0 spiro atoms. The van der Waals surface area contributed by atoms with E-state index in [1.165, 1.54) is 11.1 Å². The van der Waals surface area contributed by atoms with Crippen LogP contribution in [0.3, 0.4) is 0 Å². The van der Waals surface area contributed by atoms with Crippen molar-refractivity contribution in [3.8, 4) is 0 Å². The molecule has 0 aliphatic heterocycles. The van der Waals surface area contributed by atoms with Gasteiger partial charge in [0.2, 0.25) is 11.8 Å². The third kappa shape index (κ3) is 7.94. The highest BCUT2D eigenvalue weighted by atomic mass is 32.2. The number of benzene rings is 2. The molecule has 156 valence electrons. The second-order valence-corrected chi connectivity index (χ2v) is 8.37. The highest BCUT2D eigenvalue weighted by Crippen LogP contribution is 2.20. The maximum atomic E-state index is 13.0. The Morgan fingerprint density at radius 2 is 1.76 bits per heavy atom. The van der Waals surface area contributed by atoms with Crippen LogP contribution < -0.4 is 5.32 Å². The van der Waals surface area contributed by atoms with Crippen LogP contribution in [0.5, 0.6) is 0 Å². The lowest BCUT2D eigenvalue weighted by Gasteiger charge is -2.28. The third-order valence-corrected chi connectivity index (χ3v) is 5.82. The van der Waals surface area contributed by atoms with Crippen molar-refractivity contribution < 1.29 is 9.59 Å². The van der Waals surface area contributed by atoms with Crippen LogP contribution in [0.15, 0.2) is 59.5 Å². The Hall–Kier alpha value is -2.27. The molecule has 0 aliphatic carbocycles. The maximum Gasteiger partial charge on any atom is 0.242 e. The molecule has 1 atom stereocenters. The summed E-state index contributed by atoms with van der Waals surface area (Å²) in [7, 11) is 0. The van der Waals surface area contributed by atoms with Gasteiger partial charge in [0.25, 0.3) is 0 Å². The van der Waals surface area contributed by atoms with Gasteiger partial charge in [0.15, 0.2) is 0 Å². The summed E-state index contributed by atoms with van der Waals surface area (Å²) in [4.78, 5) is 28.3. The monoisotopic (exact) mass is 412 g/mol. The zero-order valence-electron chi connectivity index (χ0n) is 17.7. The van der Waals surface area contributed by atoms with Crippen LogP contribution in [0.4, 0.5) is 0 Å². The average molecular weight is 413 g/mol. The predicted molar refractivity (Wildman–Crippen MR) is 121 cm³/mol. The number of amides is 2. The molecule has 5 heteroatoms. The fourth-order valence-corrected chi connectivity index (χ4v) is 3.84. The Bertz CT molecular complexity index is 762. The number of rotatable bonds is 11. The highest BCUT2D eigenvalue weighted by Gasteiger charge is 2.25. The summed E-state index contributed by atoms with van der Waals surface area (Å²) < 4.78 is 0. The van der Waals surface area contributed by atoms with Gasteiger partial charge in [-0.2, -0.15) is 0 Å². The van der Waals surface area contributed by atoms with Crippen molar-refractivity contribution in [2.75, 3.05) is 18.8 Å². The predicted octanol–water partition coefficient (Wildman–Crippen LogP) is 4.46. The topological polar surface area (TPSA) is 49.4 Å². The Balaban J connectivity index is 1.96. The number of thioether (sulfide) groups is 1. The lowest BCUT2D eigenvalue weighted by atomic mass is 10.1. The van der Waals surface area contributed by atoms with E-state index in [0.717, 1.165) is 17.7 Å². The molecule has 1 N–H and O–H groups in total. The van der Waals surface area contributed by atoms with Crippen LogP contribution in [0, 0.1) is 6.92 Å². The zero-order valence-corrected chi connectivity index (χ0v) is 18.5. The molecule has 2 aromatic rings. The van der Waals surface area contributed by atoms with Crippen molar-refractivity contribution in [2.45, 2.75) is 51.0 Å². The van der Waals surface area contributed by atoms with Crippen molar-refractivity contribution in [3.05, 3.63) is 65.7 Å². The molecule has 0 bridgehead atoms. The standard InChI is InChI=1S/C24H32N2O2S/c1-4-16-25-24(28)20(3)26(17-14-21-8-6-5-7-9-21)23(27)15-18-29-22-12-10-19(2)11-13-22/h5-13,20H,4,14-18H2,1-3H3,(H,25,28)/t20-/m1/s1. The summed E-state index contributed by atoms with van der Waals surface area (Å²) in [6.45, 7) is 7.08. The van der Waals surface area contributed by atoms with Gasteiger partial charge in [-0.05, 0) is 44.4 Å². The van der Waals surface area contributed by atoms with Gasteiger partial charge >= 0.3 is 0 Å². The first-order valence-electron chi connectivity index (χ1n) is 10.3. The van der Waals surface area contributed by atoms with Crippen LogP contribution in [0.2, 0.25) is 0 Å². The third-order valence-electron chi connectivity index (χ3n) is 4.81. The van der Waals surface area contributed by atoms with E-state index < -0.39 is 6.04 Å². The van der Waals surface area contributed by atoms with Crippen molar-refractivity contribution >= 4 is 23.6 Å². The van der Waals surface area contributed by atoms with Crippen LogP contribution in [-0.4, -0.2) is 41.6 Å². The summed E-state index contributed by atoms with van der Waals surface area (Å²) in [5.41, 5.74) is 2.39. The second kappa shape index (κ2) is 12.3. The molecular formula is C24H32N2O2S. The Morgan fingerprint density at radius 1 is 1.07 bits per heavy atom. The summed E-state index contributed by atoms with van der Waals surface area (Å²) >= 11 is 1.68. The van der Waals surface area contributed by atoms with Gasteiger partial charge < -0.3 is 10.2 Å². The summed E-state index contributed by atoms with van der Waals surface area (Å²) in [6, 6.07) is 17.9. The van der Waals surface area contributed by atoms with Crippen LogP contribution >= 0.6 is 11.8 Å². The van der Waals surface area contributed by atoms with Crippen molar-refractivity contribution in [1.29, 1.82) is 0 Å². The number of carbonyl (C=O) groups is 2. The molecule has 0 aromatic heterocycles. The van der Waals surface area contributed by atoms with Gasteiger partial charge in [-0.1, -0.05) is 55.0 Å². The van der Waals surface area contributed by atoms with Crippen molar-refractivity contribution in [3.63, 3.8) is 0 Å². The normalized spacial score (nSPS) is 11.7. The molecule has 0 saturated carbocycles. The van der Waals surface area contributed by atoms with E-state index in [-0.39, 0.29) is 11.8 Å². The summed E-state index contributed by atoms with van der Waals surface area (Å²) in [5.74, 6) is 0.645. The lowest BCUT2D eigenvalue weighted by Crippen LogP contribution is -2.49. The SMILES string of the molecule is CCCNC(=O)[C@@H](C)N(CCc1ccccc1)C(=O)CCSc1ccc(C)cc1. The van der Waals surface area contributed by atoms with E-state index in [1.54, 1.807) is 16.7 Å². The molecule has 0 fully saturated rings. The van der Waals surface area contributed by atoms with Gasteiger partial charge in [-0.15, -0.1) is 11.8 Å². The molecule has 4 nitrogen and oxygen atoms in total. The van der Waals surface area contributed by atoms with E-state index >= 15 is 0 Å². The number of hydrogen-bond acceptors (Lipinski definition) is 3. The number of hydrogen-bond donors (Lipinski definition) is 1. The van der Waals surface area contributed by atoms with E-state index in [0.29, 0.717) is 25.3 Å². The molecule has 29 heavy (non-hydrogen) atoms. The summed E-state index contributed by atoms with van der Waals surface area (Å²) in [5, 5.41) is 2.91. The van der Waals surface area contributed by atoms with E-state index in [9.17, 15) is 9.59 Å². The summed E-state index contributed by atoms with van der Waals surface area (Å²) in [6.07, 6.45) is 2.03. The minimum absolute atomic E-state index is 0.0275. The second-order valence-electron chi connectivity index (χ2n) is 7.20. The van der Waals surface area contributed by atoms with Gasteiger partial charge in [-0.3, -0.25) is 9.59 Å². The fraction of sp³-hybridized carbons (Fsp3) is 0.417. The highest BCUT2D eigenvalue weighted by molar-refractivity contribution is 7.99. The molecule has 2 amide bonds. The fourth-order valence-electron chi connectivity index (χ4n) is 3.00. The molecule has 2 rings (SSSR count). The van der Waals surface area contributed by atoms with Gasteiger partial charge in [0.1, 0.15) is 6.04 Å². The number of nitrogens with zero attached hydrogens (tertiary/aromatic N) is 1. The van der Waals surface area contributed by atoms with Gasteiger partial charge in [0, 0.05) is 30.2 Å². The Labute approximate surface area is 179 Å². The van der Waals surface area contributed by atoms with E-state index in [4.69, 9.17) is 0 Å². The van der Waals surface area contributed by atoms with Crippen LogP contribution in [0.25, 0.3) is 0 Å². The van der Waals surface area contributed by atoms with Crippen LogP contribution in [-0.2, 0) is 16.0 Å². The van der Waals surface area contributed by atoms with Crippen molar-refractivity contribution in [1.82, 2.24) is 10.2 Å². The largest absolute Gasteiger partial charge is 0.354 e. The first-order chi connectivity index (χ1) is 14.0. The maximum absolute atomic E-state index is 13.0. The van der Waals surface area contributed by atoms with Gasteiger partial charge in [-0.25, -0.2) is 0 Å². The minimum Gasteiger partial charge on any atom is -0.354 e. The number of nitrogens with one attached hydrogen (secondary N) is 1. The molecule has 0 heterocycles. The van der Waals surface area contributed by atoms with E-state index in [1.807, 2.05) is 32.0 Å². The molecular weight excluding hydrogens is 380 g/mol. The first-order valence-corrected chi connectivity index (χ1v) is 11.3. The van der Waals surface area contributed by atoms with Crippen molar-refractivity contribution in [2.24, 2.45) is 0 Å². The lowest BCUT2D eigenvalue weighted by molar-refractivity contribution is -0.139. The number of carbonyl (C=O) groups excluding carboxylic acids is 2.